The predicted octanol–water partition coefficient (Wildman–Crippen LogP) is -0.878. The first-order valence-corrected chi connectivity index (χ1v) is 2.35. The van der Waals surface area contributed by atoms with E-state index in [1.54, 1.807) is 0 Å². The second-order valence-electron chi connectivity index (χ2n) is 1.40. The van der Waals surface area contributed by atoms with Crippen molar-refractivity contribution in [2.45, 2.75) is 6.92 Å². The van der Waals surface area contributed by atoms with Crippen LogP contribution in [0.25, 0.3) is 0 Å². The molecule has 9 heavy (non-hydrogen) atoms. The SMILES string of the molecule is CC(=O)/C(=C/N)NC=O. The average Bonchev–Trinajstić information content (AvgIpc) is 1.82. The minimum atomic E-state index is -0.260. The van der Waals surface area contributed by atoms with Gasteiger partial charge in [0.2, 0.25) is 6.41 Å². The largest absolute Gasteiger partial charge is 0.403 e. The molecule has 0 aromatic rings. The van der Waals surface area contributed by atoms with Gasteiger partial charge in [0.1, 0.15) is 0 Å². The Hall–Kier alpha value is -1.32. The Bertz CT molecular complexity index is 151. The van der Waals surface area contributed by atoms with Gasteiger partial charge in [-0.05, 0) is 0 Å². The third-order valence-corrected chi connectivity index (χ3v) is 0.760. The third-order valence-electron chi connectivity index (χ3n) is 0.760. The van der Waals surface area contributed by atoms with Crippen LogP contribution in [0, 0.1) is 0 Å². The summed E-state index contributed by atoms with van der Waals surface area (Å²) in [5, 5.41) is 2.14. The Labute approximate surface area is 52.7 Å². The highest BCUT2D eigenvalue weighted by atomic mass is 16.1. The molecule has 0 aliphatic carbocycles. The van der Waals surface area contributed by atoms with Gasteiger partial charge in [-0.1, -0.05) is 0 Å². The summed E-state index contributed by atoms with van der Waals surface area (Å²) in [4.78, 5) is 20.1. The van der Waals surface area contributed by atoms with E-state index in [1.165, 1.54) is 6.92 Å². The molecular weight excluding hydrogens is 120 g/mol. The maximum absolute atomic E-state index is 10.4. The summed E-state index contributed by atoms with van der Waals surface area (Å²) in [6.45, 7) is 1.31. The number of hydrogen-bond acceptors (Lipinski definition) is 3. The van der Waals surface area contributed by atoms with Crippen LogP contribution < -0.4 is 11.1 Å². The zero-order valence-electron chi connectivity index (χ0n) is 5.05. The molecule has 0 aliphatic rings. The Kier molecular flexibility index (Phi) is 3.12. The first-order chi connectivity index (χ1) is 4.22. The van der Waals surface area contributed by atoms with Gasteiger partial charge in [0.25, 0.3) is 0 Å². The summed E-state index contributed by atoms with van der Waals surface area (Å²) in [5.74, 6) is -0.260. The van der Waals surface area contributed by atoms with E-state index in [-0.39, 0.29) is 11.5 Å². The number of nitrogens with one attached hydrogen (secondary N) is 1. The van der Waals surface area contributed by atoms with Crippen molar-refractivity contribution in [3.05, 3.63) is 11.9 Å². The minimum Gasteiger partial charge on any atom is -0.403 e. The van der Waals surface area contributed by atoms with Crippen LogP contribution in [0.2, 0.25) is 0 Å². The summed E-state index contributed by atoms with van der Waals surface area (Å²) in [5.41, 5.74) is 5.07. The van der Waals surface area contributed by atoms with Gasteiger partial charge in [-0.15, -0.1) is 0 Å². The first kappa shape index (κ1) is 7.68. The van der Waals surface area contributed by atoms with E-state index in [0.717, 1.165) is 6.20 Å². The van der Waals surface area contributed by atoms with Crippen molar-refractivity contribution in [1.82, 2.24) is 5.32 Å². The van der Waals surface area contributed by atoms with Crippen molar-refractivity contribution in [1.29, 1.82) is 0 Å². The fourth-order valence-electron chi connectivity index (χ4n) is 0.331. The van der Waals surface area contributed by atoms with Crippen molar-refractivity contribution in [3.8, 4) is 0 Å². The molecule has 1 amide bonds. The molecule has 3 N–H and O–H groups in total. The second-order valence-corrected chi connectivity index (χ2v) is 1.40. The van der Waals surface area contributed by atoms with E-state index >= 15 is 0 Å². The van der Waals surface area contributed by atoms with E-state index in [1.807, 2.05) is 0 Å². The van der Waals surface area contributed by atoms with Crippen molar-refractivity contribution in [2.24, 2.45) is 5.73 Å². The molecule has 0 saturated carbocycles. The smallest absolute Gasteiger partial charge is 0.211 e. The van der Waals surface area contributed by atoms with Crippen molar-refractivity contribution >= 4 is 12.2 Å². The number of nitrogens with two attached hydrogens (primary N) is 1. The van der Waals surface area contributed by atoms with Crippen LogP contribution in [0.4, 0.5) is 0 Å². The molecule has 0 aromatic heterocycles. The van der Waals surface area contributed by atoms with Crippen molar-refractivity contribution < 1.29 is 9.59 Å². The summed E-state index contributed by atoms with van der Waals surface area (Å²) >= 11 is 0. The van der Waals surface area contributed by atoms with Gasteiger partial charge < -0.3 is 11.1 Å². The van der Waals surface area contributed by atoms with E-state index in [2.05, 4.69) is 5.32 Å². The number of carbonyl (C=O) groups excluding carboxylic acids is 2. The molecule has 0 unspecified atom stereocenters. The summed E-state index contributed by atoms with van der Waals surface area (Å²) < 4.78 is 0. The number of ketones is 1. The predicted molar refractivity (Wildman–Crippen MR) is 32.2 cm³/mol. The van der Waals surface area contributed by atoms with Crippen LogP contribution in [-0.4, -0.2) is 12.2 Å². The molecular formula is C5H8N2O2. The topological polar surface area (TPSA) is 72.2 Å². The van der Waals surface area contributed by atoms with Crippen molar-refractivity contribution in [3.63, 3.8) is 0 Å². The molecule has 0 saturated heterocycles. The van der Waals surface area contributed by atoms with Gasteiger partial charge in [-0.3, -0.25) is 9.59 Å². The Morgan fingerprint density at radius 2 is 2.22 bits per heavy atom. The molecule has 0 atom stereocenters. The fraction of sp³-hybridized carbons (Fsp3) is 0.200. The van der Waals surface area contributed by atoms with Gasteiger partial charge >= 0.3 is 0 Å². The molecule has 4 heteroatoms. The summed E-state index contributed by atoms with van der Waals surface area (Å²) in [6, 6.07) is 0. The molecule has 0 rings (SSSR count). The molecule has 0 aromatic carbocycles. The normalized spacial score (nSPS) is 10.6. The van der Waals surface area contributed by atoms with Gasteiger partial charge in [0.05, 0.1) is 5.70 Å². The fourth-order valence-corrected chi connectivity index (χ4v) is 0.331. The van der Waals surface area contributed by atoms with Crippen LogP contribution in [-0.2, 0) is 9.59 Å². The molecule has 0 aliphatic heterocycles. The highest BCUT2D eigenvalue weighted by Crippen LogP contribution is 1.83. The molecule has 0 radical (unpaired) electrons. The van der Waals surface area contributed by atoms with E-state index in [9.17, 15) is 9.59 Å². The van der Waals surface area contributed by atoms with E-state index in [4.69, 9.17) is 5.73 Å². The lowest BCUT2D eigenvalue weighted by Crippen LogP contribution is -2.17. The quantitative estimate of drug-likeness (QED) is 0.383. The highest BCUT2D eigenvalue weighted by Gasteiger charge is 1.98. The Morgan fingerprint density at radius 3 is 2.33 bits per heavy atom. The highest BCUT2D eigenvalue weighted by molar-refractivity contribution is 5.94. The molecule has 0 heterocycles. The second kappa shape index (κ2) is 3.65. The zero-order valence-corrected chi connectivity index (χ0v) is 5.05. The van der Waals surface area contributed by atoms with Crippen LogP contribution >= 0.6 is 0 Å². The number of Topliss-reactive ketones (excluding diaryl/α,β-unsaturated/α-hetero) is 1. The van der Waals surface area contributed by atoms with Gasteiger partial charge in [-0.25, -0.2) is 0 Å². The van der Waals surface area contributed by atoms with Crippen LogP contribution in [0.15, 0.2) is 11.9 Å². The number of allylic oxidation sites excluding steroid dienone is 1. The van der Waals surface area contributed by atoms with E-state index in [0.29, 0.717) is 6.41 Å². The van der Waals surface area contributed by atoms with Gasteiger partial charge in [-0.2, -0.15) is 0 Å². The Morgan fingerprint density at radius 1 is 1.67 bits per heavy atom. The van der Waals surface area contributed by atoms with Gasteiger partial charge in [0.15, 0.2) is 5.78 Å². The summed E-state index contributed by atoms with van der Waals surface area (Å²) in [6.07, 6.45) is 1.46. The van der Waals surface area contributed by atoms with Crippen LogP contribution in [0.5, 0.6) is 0 Å². The number of carbonyl (C=O) groups is 2. The molecule has 0 fully saturated rings. The summed E-state index contributed by atoms with van der Waals surface area (Å²) in [7, 11) is 0. The number of amides is 1. The lowest BCUT2D eigenvalue weighted by Gasteiger charge is -1.95. The van der Waals surface area contributed by atoms with Gasteiger partial charge in [0, 0.05) is 13.1 Å². The molecule has 50 valence electrons. The maximum Gasteiger partial charge on any atom is 0.211 e. The minimum absolute atomic E-state index is 0.116. The lowest BCUT2D eigenvalue weighted by molar-refractivity contribution is -0.116. The number of rotatable bonds is 3. The van der Waals surface area contributed by atoms with Crippen LogP contribution in [0.3, 0.4) is 0 Å². The lowest BCUT2D eigenvalue weighted by atomic mass is 10.3. The first-order valence-electron chi connectivity index (χ1n) is 2.35. The average molecular weight is 128 g/mol. The third kappa shape index (κ3) is 2.48. The van der Waals surface area contributed by atoms with E-state index < -0.39 is 0 Å². The van der Waals surface area contributed by atoms with Crippen LogP contribution in [0.1, 0.15) is 6.92 Å². The standard InChI is InChI=1S/C5H8N2O2/c1-4(9)5(2-6)7-3-8/h2-3H,6H2,1H3,(H,7,8)/b5-2-. The zero-order chi connectivity index (χ0) is 7.28. The molecule has 0 spiro atoms. The monoisotopic (exact) mass is 128 g/mol. The Balaban J connectivity index is 4.00. The maximum atomic E-state index is 10.4. The molecule has 0 bridgehead atoms. The number of hydrogen-bond donors (Lipinski definition) is 2. The van der Waals surface area contributed by atoms with Crippen molar-refractivity contribution in [2.75, 3.05) is 0 Å². The molecule has 4 nitrogen and oxygen atoms in total.